The van der Waals surface area contributed by atoms with Crippen molar-refractivity contribution in [2.24, 2.45) is 0 Å². The van der Waals surface area contributed by atoms with Crippen LogP contribution in [0.1, 0.15) is 11.5 Å². The minimum atomic E-state index is 0.433. The second-order valence-corrected chi connectivity index (χ2v) is 6.19. The van der Waals surface area contributed by atoms with Crippen LogP contribution in [-0.2, 0) is 13.0 Å². The topological polar surface area (TPSA) is 87.9 Å². The summed E-state index contributed by atoms with van der Waals surface area (Å²) in [6.45, 7) is 1.23. The molecular weight excluding hydrogens is 374 g/mol. The van der Waals surface area contributed by atoms with Crippen molar-refractivity contribution in [1.29, 1.82) is 0 Å². The van der Waals surface area contributed by atoms with Crippen molar-refractivity contribution in [1.82, 2.24) is 15.5 Å². The Morgan fingerprint density at radius 2 is 1.45 bits per heavy atom. The third-order valence-corrected chi connectivity index (χ3v) is 4.41. The number of nitrogens with one attached hydrogen (secondary N) is 1. The zero-order valence-electron chi connectivity index (χ0n) is 17.0. The van der Waals surface area contributed by atoms with Gasteiger partial charge in [0.2, 0.25) is 11.8 Å². The van der Waals surface area contributed by atoms with Gasteiger partial charge in [-0.05, 0) is 48.9 Å². The summed E-state index contributed by atoms with van der Waals surface area (Å²) in [7, 11) is 6.43. The second-order valence-electron chi connectivity index (χ2n) is 6.19. The number of benzene rings is 2. The van der Waals surface area contributed by atoms with E-state index in [1.165, 1.54) is 0 Å². The molecule has 154 valence electrons. The Morgan fingerprint density at radius 3 is 2.14 bits per heavy atom. The van der Waals surface area contributed by atoms with E-state index in [1.807, 2.05) is 24.3 Å². The van der Waals surface area contributed by atoms with Gasteiger partial charge in [-0.15, -0.1) is 10.2 Å². The molecule has 0 saturated heterocycles. The predicted molar refractivity (Wildman–Crippen MR) is 108 cm³/mol. The van der Waals surface area contributed by atoms with Crippen LogP contribution < -0.4 is 24.3 Å². The highest BCUT2D eigenvalue weighted by atomic mass is 16.5. The lowest BCUT2D eigenvalue weighted by Gasteiger charge is -2.09. The molecule has 1 heterocycles. The minimum Gasteiger partial charge on any atom is -0.493 e. The smallest absolute Gasteiger partial charge is 0.247 e. The van der Waals surface area contributed by atoms with Crippen molar-refractivity contribution < 1.29 is 23.4 Å². The molecule has 0 saturated carbocycles. The average molecular weight is 399 g/mol. The van der Waals surface area contributed by atoms with Crippen LogP contribution in [0.5, 0.6) is 23.0 Å². The van der Waals surface area contributed by atoms with E-state index in [0.29, 0.717) is 29.8 Å². The van der Waals surface area contributed by atoms with Gasteiger partial charge in [0, 0.05) is 5.56 Å². The van der Waals surface area contributed by atoms with E-state index in [1.54, 1.807) is 40.6 Å². The number of aromatic nitrogens is 2. The summed E-state index contributed by atoms with van der Waals surface area (Å²) in [5.74, 6) is 3.65. The SMILES string of the molecule is COc1ccc(CCNCc2nnc(-c3ccc(OC)c(OC)c3)o2)cc1OC. The van der Waals surface area contributed by atoms with Crippen molar-refractivity contribution in [3.8, 4) is 34.5 Å². The number of methoxy groups -OCH3 is 4. The fourth-order valence-electron chi connectivity index (χ4n) is 2.88. The molecule has 0 aliphatic heterocycles. The maximum absolute atomic E-state index is 5.74. The van der Waals surface area contributed by atoms with Gasteiger partial charge in [0.25, 0.3) is 0 Å². The number of hydrogen-bond donors (Lipinski definition) is 1. The first-order valence-electron chi connectivity index (χ1n) is 9.15. The molecule has 0 aliphatic carbocycles. The Bertz CT molecular complexity index is 942. The Morgan fingerprint density at radius 1 is 0.793 bits per heavy atom. The number of nitrogens with zero attached hydrogens (tertiary/aromatic N) is 2. The van der Waals surface area contributed by atoms with Crippen LogP contribution in [0.2, 0.25) is 0 Å². The second kappa shape index (κ2) is 9.79. The first-order chi connectivity index (χ1) is 14.2. The molecule has 8 nitrogen and oxygen atoms in total. The predicted octanol–water partition coefficient (Wildman–Crippen LogP) is 3.10. The average Bonchev–Trinajstić information content (AvgIpc) is 3.25. The van der Waals surface area contributed by atoms with Crippen LogP contribution in [0.3, 0.4) is 0 Å². The molecule has 0 fully saturated rings. The molecular formula is C21H25N3O5. The normalized spacial score (nSPS) is 10.6. The summed E-state index contributed by atoms with van der Waals surface area (Å²) in [6.07, 6.45) is 0.830. The molecule has 0 unspecified atom stereocenters. The van der Waals surface area contributed by atoms with Gasteiger partial charge in [-0.2, -0.15) is 0 Å². The number of hydrogen-bond acceptors (Lipinski definition) is 8. The van der Waals surface area contributed by atoms with Gasteiger partial charge in [-0.3, -0.25) is 0 Å². The van der Waals surface area contributed by atoms with Crippen LogP contribution in [-0.4, -0.2) is 45.2 Å². The number of rotatable bonds is 10. The lowest BCUT2D eigenvalue weighted by Crippen LogP contribution is -2.16. The van der Waals surface area contributed by atoms with Crippen molar-refractivity contribution in [2.75, 3.05) is 35.0 Å². The zero-order valence-corrected chi connectivity index (χ0v) is 17.0. The molecule has 0 amide bonds. The molecule has 0 aliphatic rings. The summed E-state index contributed by atoms with van der Waals surface area (Å²) >= 11 is 0. The van der Waals surface area contributed by atoms with E-state index >= 15 is 0 Å². The summed E-state index contributed by atoms with van der Waals surface area (Å²) < 4.78 is 26.9. The van der Waals surface area contributed by atoms with Crippen LogP contribution in [0.15, 0.2) is 40.8 Å². The van der Waals surface area contributed by atoms with Crippen LogP contribution in [0, 0.1) is 0 Å². The van der Waals surface area contributed by atoms with Gasteiger partial charge >= 0.3 is 0 Å². The van der Waals surface area contributed by atoms with Crippen molar-refractivity contribution in [3.05, 3.63) is 47.9 Å². The zero-order chi connectivity index (χ0) is 20.6. The molecule has 1 aromatic heterocycles. The standard InChI is InChI=1S/C21H25N3O5/c1-25-16-7-5-14(11-18(16)27-3)9-10-22-13-20-23-24-21(29-20)15-6-8-17(26-2)19(12-15)28-4/h5-8,11-12,22H,9-10,13H2,1-4H3. The van der Waals surface area contributed by atoms with Crippen molar-refractivity contribution >= 4 is 0 Å². The Hall–Kier alpha value is -3.26. The molecule has 0 spiro atoms. The van der Waals surface area contributed by atoms with E-state index in [0.717, 1.165) is 35.6 Å². The highest BCUT2D eigenvalue weighted by molar-refractivity contribution is 5.59. The first kappa shape index (κ1) is 20.5. The molecule has 0 bridgehead atoms. The fourth-order valence-corrected chi connectivity index (χ4v) is 2.88. The molecule has 1 N–H and O–H groups in total. The highest BCUT2D eigenvalue weighted by Crippen LogP contribution is 2.31. The van der Waals surface area contributed by atoms with Crippen molar-refractivity contribution in [3.63, 3.8) is 0 Å². The van der Waals surface area contributed by atoms with E-state index in [9.17, 15) is 0 Å². The maximum Gasteiger partial charge on any atom is 0.247 e. The minimum absolute atomic E-state index is 0.433. The molecule has 0 radical (unpaired) electrons. The largest absolute Gasteiger partial charge is 0.493 e. The van der Waals surface area contributed by atoms with Gasteiger partial charge in [-0.1, -0.05) is 6.07 Å². The summed E-state index contributed by atoms with van der Waals surface area (Å²) in [6, 6.07) is 11.4. The first-order valence-corrected chi connectivity index (χ1v) is 9.15. The van der Waals surface area contributed by atoms with Crippen LogP contribution >= 0.6 is 0 Å². The van der Waals surface area contributed by atoms with Gasteiger partial charge in [0.05, 0.1) is 35.0 Å². The molecule has 3 rings (SSSR count). The maximum atomic E-state index is 5.74. The lowest BCUT2D eigenvalue weighted by atomic mass is 10.1. The van der Waals surface area contributed by atoms with E-state index in [-0.39, 0.29) is 0 Å². The molecule has 2 aromatic carbocycles. The Balaban J connectivity index is 1.55. The van der Waals surface area contributed by atoms with Crippen molar-refractivity contribution in [2.45, 2.75) is 13.0 Å². The third kappa shape index (κ3) is 4.97. The van der Waals surface area contributed by atoms with E-state index in [2.05, 4.69) is 15.5 Å². The van der Waals surface area contributed by atoms with Gasteiger partial charge in [0.15, 0.2) is 23.0 Å². The van der Waals surface area contributed by atoms with Crippen LogP contribution in [0.25, 0.3) is 11.5 Å². The van der Waals surface area contributed by atoms with Gasteiger partial charge in [0.1, 0.15) is 0 Å². The van der Waals surface area contributed by atoms with Gasteiger partial charge < -0.3 is 28.7 Å². The third-order valence-electron chi connectivity index (χ3n) is 4.41. The quantitative estimate of drug-likeness (QED) is 0.521. The number of ether oxygens (including phenoxy) is 4. The molecule has 3 aromatic rings. The lowest BCUT2D eigenvalue weighted by molar-refractivity contribution is 0.354. The molecule has 29 heavy (non-hydrogen) atoms. The van der Waals surface area contributed by atoms with Gasteiger partial charge in [-0.25, -0.2) is 0 Å². The van der Waals surface area contributed by atoms with E-state index < -0.39 is 0 Å². The fraction of sp³-hybridized carbons (Fsp3) is 0.333. The van der Waals surface area contributed by atoms with Crippen LogP contribution in [0.4, 0.5) is 0 Å². The highest BCUT2D eigenvalue weighted by Gasteiger charge is 2.12. The summed E-state index contributed by atoms with van der Waals surface area (Å²) in [4.78, 5) is 0. The van der Waals surface area contributed by atoms with E-state index in [4.69, 9.17) is 23.4 Å². The molecule has 0 atom stereocenters. The summed E-state index contributed by atoms with van der Waals surface area (Å²) in [5, 5.41) is 11.5. The Labute approximate surface area is 169 Å². The molecule has 8 heteroatoms. The summed E-state index contributed by atoms with van der Waals surface area (Å²) in [5.41, 5.74) is 1.92. The monoisotopic (exact) mass is 399 g/mol. The Kier molecular flexibility index (Phi) is 6.91.